The lowest BCUT2D eigenvalue weighted by Crippen LogP contribution is -2.28. The highest BCUT2D eigenvalue weighted by Gasteiger charge is 2.19. The van der Waals surface area contributed by atoms with Crippen LogP contribution in [0.15, 0.2) is 21.3 Å². The summed E-state index contributed by atoms with van der Waals surface area (Å²) in [6, 6.07) is 4.90. The van der Waals surface area contributed by atoms with E-state index in [0.29, 0.717) is 6.04 Å². The van der Waals surface area contributed by atoms with Crippen LogP contribution < -0.4 is 5.32 Å². The van der Waals surface area contributed by atoms with Crippen LogP contribution in [-0.4, -0.2) is 11.0 Å². The van der Waals surface area contributed by atoms with Crippen LogP contribution in [-0.2, 0) is 0 Å². The van der Waals surface area contributed by atoms with Gasteiger partial charge in [0, 0.05) is 22.0 Å². The van der Waals surface area contributed by atoms with Crippen LogP contribution in [0.25, 0.3) is 0 Å². The first-order valence-corrected chi connectivity index (χ1v) is 7.98. The fraction of sp³-hybridized carbons (Fsp3) is 0.417. The molecule has 0 aliphatic rings. The minimum atomic E-state index is 0.213. The summed E-state index contributed by atoms with van der Waals surface area (Å²) in [6.07, 6.45) is 0. The van der Waals surface area contributed by atoms with Crippen molar-refractivity contribution in [1.82, 2.24) is 10.3 Å². The molecule has 0 saturated carbocycles. The SMILES string of the molecule is Cc1csc(C(NC(C)C)c2ccc(Br)s2)n1. The van der Waals surface area contributed by atoms with Gasteiger partial charge in [-0.2, -0.15) is 0 Å². The maximum atomic E-state index is 4.60. The molecule has 1 N–H and O–H groups in total. The van der Waals surface area contributed by atoms with Crippen LogP contribution in [0.4, 0.5) is 0 Å². The molecule has 92 valence electrons. The van der Waals surface area contributed by atoms with Crippen LogP contribution in [0.1, 0.15) is 35.5 Å². The molecule has 2 heterocycles. The zero-order valence-electron chi connectivity index (χ0n) is 10.0. The van der Waals surface area contributed by atoms with Crippen molar-refractivity contribution in [3.05, 3.63) is 36.9 Å². The van der Waals surface area contributed by atoms with Crippen molar-refractivity contribution in [2.75, 3.05) is 0 Å². The van der Waals surface area contributed by atoms with Gasteiger partial charge in [-0.3, -0.25) is 0 Å². The van der Waals surface area contributed by atoms with Crippen molar-refractivity contribution >= 4 is 38.6 Å². The van der Waals surface area contributed by atoms with Crippen molar-refractivity contribution in [3.8, 4) is 0 Å². The number of halogens is 1. The molecule has 0 saturated heterocycles. The number of thiophene rings is 1. The van der Waals surface area contributed by atoms with Crippen LogP contribution in [0.3, 0.4) is 0 Å². The average Bonchev–Trinajstić information content (AvgIpc) is 2.84. The van der Waals surface area contributed by atoms with Crippen LogP contribution >= 0.6 is 38.6 Å². The fourth-order valence-electron chi connectivity index (χ4n) is 1.60. The summed E-state index contributed by atoms with van der Waals surface area (Å²) in [7, 11) is 0. The summed E-state index contributed by atoms with van der Waals surface area (Å²) < 4.78 is 1.16. The van der Waals surface area contributed by atoms with E-state index in [1.807, 2.05) is 6.92 Å². The lowest BCUT2D eigenvalue weighted by atomic mass is 10.2. The van der Waals surface area contributed by atoms with E-state index >= 15 is 0 Å². The Labute approximate surface area is 118 Å². The number of hydrogen-bond donors (Lipinski definition) is 1. The molecule has 0 aliphatic carbocycles. The Bertz CT molecular complexity index is 450. The highest BCUT2D eigenvalue weighted by Crippen LogP contribution is 2.32. The molecule has 0 spiro atoms. The second-order valence-corrected chi connectivity index (χ2v) is 7.61. The molecule has 17 heavy (non-hydrogen) atoms. The van der Waals surface area contributed by atoms with Crippen molar-refractivity contribution in [2.24, 2.45) is 0 Å². The van der Waals surface area contributed by atoms with E-state index in [4.69, 9.17) is 0 Å². The normalized spacial score (nSPS) is 13.2. The first kappa shape index (κ1) is 13.2. The molecule has 0 radical (unpaired) electrons. The first-order valence-electron chi connectivity index (χ1n) is 5.49. The van der Waals surface area contributed by atoms with E-state index in [2.05, 4.69) is 57.6 Å². The number of aromatic nitrogens is 1. The van der Waals surface area contributed by atoms with E-state index in [-0.39, 0.29) is 6.04 Å². The molecule has 2 nitrogen and oxygen atoms in total. The topological polar surface area (TPSA) is 24.9 Å². The van der Waals surface area contributed by atoms with Crippen molar-refractivity contribution in [3.63, 3.8) is 0 Å². The third kappa shape index (κ3) is 3.37. The van der Waals surface area contributed by atoms with E-state index < -0.39 is 0 Å². The van der Waals surface area contributed by atoms with Gasteiger partial charge >= 0.3 is 0 Å². The molecule has 0 aliphatic heterocycles. The maximum Gasteiger partial charge on any atom is 0.115 e. The van der Waals surface area contributed by atoms with Crippen LogP contribution in [0, 0.1) is 6.92 Å². The number of hydrogen-bond acceptors (Lipinski definition) is 4. The third-order valence-electron chi connectivity index (χ3n) is 2.26. The number of rotatable bonds is 4. The van der Waals surface area contributed by atoms with E-state index in [1.54, 1.807) is 22.7 Å². The Morgan fingerprint density at radius 2 is 2.12 bits per heavy atom. The number of nitrogens with zero attached hydrogens (tertiary/aromatic N) is 1. The monoisotopic (exact) mass is 330 g/mol. The zero-order chi connectivity index (χ0) is 12.4. The lowest BCUT2D eigenvalue weighted by molar-refractivity contribution is 0.532. The largest absolute Gasteiger partial charge is 0.301 e. The summed E-state index contributed by atoms with van der Waals surface area (Å²) in [5.41, 5.74) is 1.09. The second-order valence-electron chi connectivity index (χ2n) is 4.22. The summed E-state index contributed by atoms with van der Waals surface area (Å²) in [5.74, 6) is 0. The third-order valence-corrected chi connectivity index (χ3v) is 4.98. The Morgan fingerprint density at radius 3 is 2.59 bits per heavy atom. The molecule has 1 atom stereocenters. The lowest BCUT2D eigenvalue weighted by Gasteiger charge is -2.17. The molecule has 0 aromatic carbocycles. The highest BCUT2D eigenvalue weighted by molar-refractivity contribution is 9.11. The van der Waals surface area contributed by atoms with Gasteiger partial charge in [0.25, 0.3) is 0 Å². The van der Waals surface area contributed by atoms with Crippen molar-refractivity contribution in [2.45, 2.75) is 32.9 Å². The predicted octanol–water partition coefficient (Wildman–Crippen LogP) is 4.36. The van der Waals surface area contributed by atoms with Gasteiger partial charge in [0.1, 0.15) is 5.01 Å². The molecule has 1 unspecified atom stereocenters. The van der Waals surface area contributed by atoms with Gasteiger partial charge in [0.15, 0.2) is 0 Å². The van der Waals surface area contributed by atoms with Gasteiger partial charge in [0.05, 0.1) is 9.83 Å². The van der Waals surface area contributed by atoms with Gasteiger partial charge in [0.2, 0.25) is 0 Å². The van der Waals surface area contributed by atoms with Crippen LogP contribution in [0.2, 0.25) is 0 Å². The second kappa shape index (κ2) is 5.61. The molecule has 0 bridgehead atoms. The van der Waals surface area contributed by atoms with Gasteiger partial charge < -0.3 is 5.32 Å². The summed E-state index contributed by atoms with van der Waals surface area (Å²) >= 11 is 7.00. The maximum absolute atomic E-state index is 4.60. The molecule has 5 heteroatoms. The van der Waals surface area contributed by atoms with Crippen LogP contribution in [0.5, 0.6) is 0 Å². The number of aryl methyl sites for hydroxylation is 1. The highest BCUT2D eigenvalue weighted by atomic mass is 79.9. The molecule has 2 aromatic rings. The van der Waals surface area contributed by atoms with Gasteiger partial charge in [-0.05, 0) is 48.8 Å². The van der Waals surface area contributed by atoms with Gasteiger partial charge in [-0.15, -0.1) is 22.7 Å². The zero-order valence-corrected chi connectivity index (χ0v) is 13.2. The summed E-state index contributed by atoms with van der Waals surface area (Å²) in [4.78, 5) is 5.90. The van der Waals surface area contributed by atoms with E-state index in [1.165, 1.54) is 4.88 Å². The average molecular weight is 331 g/mol. The Hall–Kier alpha value is -0.230. The molecule has 2 rings (SSSR count). The molecule has 0 fully saturated rings. The molecule has 0 amide bonds. The molecular formula is C12H15BrN2S2. The van der Waals surface area contributed by atoms with E-state index in [9.17, 15) is 0 Å². The minimum absolute atomic E-state index is 0.213. The van der Waals surface area contributed by atoms with Gasteiger partial charge in [-0.25, -0.2) is 4.98 Å². The molecule has 2 aromatic heterocycles. The standard InChI is InChI=1S/C12H15BrN2S2/c1-7(2)14-11(9-4-5-10(13)17-9)12-15-8(3)6-16-12/h4-7,11,14H,1-3H3. The smallest absolute Gasteiger partial charge is 0.115 e. The van der Waals surface area contributed by atoms with Crippen molar-refractivity contribution in [1.29, 1.82) is 0 Å². The van der Waals surface area contributed by atoms with Crippen molar-refractivity contribution < 1.29 is 0 Å². The quantitative estimate of drug-likeness (QED) is 0.900. The summed E-state index contributed by atoms with van der Waals surface area (Å²) in [5, 5.41) is 6.82. The Balaban J connectivity index is 2.31. The van der Waals surface area contributed by atoms with E-state index in [0.717, 1.165) is 14.5 Å². The Kier molecular flexibility index (Phi) is 4.36. The predicted molar refractivity (Wildman–Crippen MR) is 79.0 cm³/mol. The summed E-state index contributed by atoms with van der Waals surface area (Å²) in [6.45, 7) is 6.36. The number of nitrogens with one attached hydrogen (secondary N) is 1. The van der Waals surface area contributed by atoms with Gasteiger partial charge in [-0.1, -0.05) is 0 Å². The number of thiazole rings is 1. The Morgan fingerprint density at radius 1 is 1.35 bits per heavy atom. The minimum Gasteiger partial charge on any atom is -0.301 e. The fourth-order valence-corrected chi connectivity index (χ4v) is 4.03. The molecular weight excluding hydrogens is 316 g/mol. The first-order chi connectivity index (χ1) is 8.06.